The zero-order valence-electron chi connectivity index (χ0n) is 10.7. The normalized spacial score (nSPS) is 24.6. The zero-order valence-corrected chi connectivity index (χ0v) is 10.7. The molecule has 0 bridgehead atoms. The summed E-state index contributed by atoms with van der Waals surface area (Å²) in [6.07, 6.45) is 2.29. The summed E-state index contributed by atoms with van der Waals surface area (Å²) >= 11 is 0. The van der Waals surface area contributed by atoms with Crippen LogP contribution in [-0.2, 0) is 9.59 Å². The van der Waals surface area contributed by atoms with E-state index in [4.69, 9.17) is 5.11 Å². The van der Waals surface area contributed by atoms with Gasteiger partial charge in [-0.15, -0.1) is 0 Å². The Bertz CT molecular complexity index is 297. The van der Waals surface area contributed by atoms with Crippen LogP contribution in [-0.4, -0.2) is 35.1 Å². The molecule has 0 heterocycles. The molecule has 0 saturated heterocycles. The molecule has 2 unspecified atom stereocenters. The molecular weight excluding hydrogens is 220 g/mol. The second-order valence-corrected chi connectivity index (χ2v) is 5.65. The number of carboxylic acids is 1. The van der Waals surface area contributed by atoms with Crippen LogP contribution >= 0.6 is 0 Å². The Hall–Kier alpha value is -1.10. The third kappa shape index (κ3) is 4.73. The van der Waals surface area contributed by atoms with Gasteiger partial charge in [0.15, 0.2) is 0 Å². The fraction of sp³-hybridized carbons (Fsp3) is 0.833. The lowest BCUT2D eigenvalue weighted by Gasteiger charge is -2.22. The number of aliphatic carboxylic acids is 1. The molecule has 1 amide bonds. The summed E-state index contributed by atoms with van der Waals surface area (Å²) in [4.78, 5) is 22.6. The van der Waals surface area contributed by atoms with E-state index in [9.17, 15) is 9.59 Å². The Morgan fingerprint density at radius 1 is 1.29 bits per heavy atom. The molecule has 1 fully saturated rings. The van der Waals surface area contributed by atoms with Crippen molar-refractivity contribution >= 4 is 11.9 Å². The minimum Gasteiger partial charge on any atom is -0.481 e. The number of rotatable bonds is 4. The van der Waals surface area contributed by atoms with Gasteiger partial charge in [0.2, 0.25) is 5.91 Å². The highest BCUT2D eigenvalue weighted by Crippen LogP contribution is 2.25. The minimum absolute atomic E-state index is 0.112. The van der Waals surface area contributed by atoms with Crippen molar-refractivity contribution in [3.05, 3.63) is 0 Å². The Labute approximate surface area is 102 Å². The van der Waals surface area contributed by atoms with Gasteiger partial charge in [0.25, 0.3) is 0 Å². The monoisotopic (exact) mass is 242 g/mol. The molecule has 0 aromatic carbocycles. The first-order chi connectivity index (χ1) is 7.79. The van der Waals surface area contributed by atoms with Gasteiger partial charge in [-0.25, -0.2) is 0 Å². The van der Waals surface area contributed by atoms with Gasteiger partial charge in [0.05, 0.1) is 12.5 Å². The summed E-state index contributed by atoms with van der Waals surface area (Å²) in [5, 5.41) is 14.9. The molecule has 0 spiro atoms. The zero-order chi connectivity index (χ0) is 13.1. The van der Waals surface area contributed by atoms with Crippen molar-refractivity contribution in [1.82, 2.24) is 10.6 Å². The van der Waals surface area contributed by atoms with E-state index in [1.54, 1.807) is 0 Å². The van der Waals surface area contributed by atoms with Crippen LogP contribution in [0.2, 0.25) is 0 Å². The van der Waals surface area contributed by atoms with Gasteiger partial charge in [-0.05, 0) is 33.6 Å². The molecule has 0 aromatic rings. The lowest BCUT2D eigenvalue weighted by molar-refractivity contribution is -0.142. The van der Waals surface area contributed by atoms with E-state index < -0.39 is 11.9 Å². The van der Waals surface area contributed by atoms with E-state index in [1.807, 2.05) is 20.8 Å². The van der Waals surface area contributed by atoms with Gasteiger partial charge in [0.1, 0.15) is 0 Å². The molecule has 2 atom stereocenters. The van der Waals surface area contributed by atoms with Crippen LogP contribution < -0.4 is 10.6 Å². The average molecular weight is 242 g/mol. The third-order valence-electron chi connectivity index (χ3n) is 2.96. The number of nitrogens with one attached hydrogen (secondary N) is 2. The summed E-state index contributed by atoms with van der Waals surface area (Å²) in [6.45, 7) is 6.17. The van der Waals surface area contributed by atoms with Crippen molar-refractivity contribution in [1.29, 1.82) is 0 Å². The van der Waals surface area contributed by atoms with Gasteiger partial charge in [0, 0.05) is 11.6 Å². The van der Waals surface area contributed by atoms with Crippen LogP contribution in [0, 0.1) is 5.92 Å². The first-order valence-corrected chi connectivity index (χ1v) is 6.07. The Morgan fingerprint density at radius 3 is 2.47 bits per heavy atom. The standard InChI is InChI=1S/C12H22N2O3/c1-12(2,3)13-7-10(15)14-9-6-4-5-8(9)11(16)17/h8-9,13H,4-7H2,1-3H3,(H,14,15)(H,16,17). The number of amides is 1. The molecule has 0 radical (unpaired) electrons. The Balaban J connectivity index is 2.38. The molecule has 3 N–H and O–H groups in total. The minimum atomic E-state index is -0.809. The van der Waals surface area contributed by atoms with Crippen LogP contribution in [0.4, 0.5) is 0 Å². The number of hydrogen-bond acceptors (Lipinski definition) is 3. The third-order valence-corrected chi connectivity index (χ3v) is 2.96. The van der Waals surface area contributed by atoms with Crippen molar-refractivity contribution in [2.75, 3.05) is 6.54 Å². The quantitative estimate of drug-likeness (QED) is 0.679. The van der Waals surface area contributed by atoms with E-state index in [1.165, 1.54) is 0 Å². The molecule has 17 heavy (non-hydrogen) atoms. The predicted molar refractivity (Wildman–Crippen MR) is 64.7 cm³/mol. The molecule has 5 nitrogen and oxygen atoms in total. The topological polar surface area (TPSA) is 78.4 Å². The molecular formula is C12H22N2O3. The van der Waals surface area contributed by atoms with Crippen molar-refractivity contribution in [3.8, 4) is 0 Å². The molecule has 0 aliphatic heterocycles. The molecule has 1 aliphatic rings. The van der Waals surface area contributed by atoms with Crippen molar-refractivity contribution < 1.29 is 14.7 Å². The second kappa shape index (κ2) is 5.49. The Morgan fingerprint density at radius 2 is 1.94 bits per heavy atom. The maximum atomic E-state index is 11.6. The van der Waals surface area contributed by atoms with Crippen LogP contribution in [0.5, 0.6) is 0 Å². The van der Waals surface area contributed by atoms with E-state index in [0.717, 1.165) is 12.8 Å². The number of carbonyl (C=O) groups is 2. The van der Waals surface area contributed by atoms with Crippen LogP contribution in [0.1, 0.15) is 40.0 Å². The number of carboxylic acid groups (broad SMARTS) is 1. The lowest BCUT2D eigenvalue weighted by Crippen LogP contribution is -2.47. The van der Waals surface area contributed by atoms with Gasteiger partial charge >= 0.3 is 5.97 Å². The fourth-order valence-corrected chi connectivity index (χ4v) is 2.03. The highest BCUT2D eigenvalue weighted by molar-refractivity contribution is 5.80. The van der Waals surface area contributed by atoms with Crippen LogP contribution in [0.25, 0.3) is 0 Å². The SMILES string of the molecule is CC(C)(C)NCC(=O)NC1CCCC1C(=O)O. The first kappa shape index (κ1) is 14.0. The summed E-state index contributed by atoms with van der Waals surface area (Å²) in [5.41, 5.74) is -0.112. The van der Waals surface area contributed by atoms with Crippen LogP contribution in [0.15, 0.2) is 0 Å². The van der Waals surface area contributed by atoms with E-state index in [-0.39, 0.29) is 24.0 Å². The Kier molecular flexibility index (Phi) is 4.51. The molecule has 1 saturated carbocycles. The summed E-state index contributed by atoms with van der Waals surface area (Å²) < 4.78 is 0. The molecule has 1 aliphatic carbocycles. The highest BCUT2D eigenvalue weighted by atomic mass is 16.4. The van der Waals surface area contributed by atoms with E-state index >= 15 is 0 Å². The maximum Gasteiger partial charge on any atom is 0.308 e. The van der Waals surface area contributed by atoms with Crippen molar-refractivity contribution in [3.63, 3.8) is 0 Å². The van der Waals surface area contributed by atoms with Crippen molar-refractivity contribution in [2.24, 2.45) is 5.92 Å². The highest BCUT2D eigenvalue weighted by Gasteiger charge is 2.33. The molecule has 98 valence electrons. The first-order valence-electron chi connectivity index (χ1n) is 6.07. The molecule has 0 aromatic heterocycles. The van der Waals surface area contributed by atoms with Crippen LogP contribution in [0.3, 0.4) is 0 Å². The lowest BCUT2D eigenvalue weighted by atomic mass is 10.0. The predicted octanol–water partition coefficient (Wildman–Crippen LogP) is 0.744. The molecule has 1 rings (SSSR count). The average Bonchev–Trinajstić information content (AvgIpc) is 2.62. The van der Waals surface area contributed by atoms with Gasteiger partial charge in [-0.1, -0.05) is 6.42 Å². The smallest absolute Gasteiger partial charge is 0.308 e. The van der Waals surface area contributed by atoms with E-state index in [2.05, 4.69) is 10.6 Å². The summed E-state index contributed by atoms with van der Waals surface area (Å²) in [6, 6.07) is -0.207. The summed E-state index contributed by atoms with van der Waals surface area (Å²) in [5.74, 6) is -1.36. The maximum absolute atomic E-state index is 11.6. The van der Waals surface area contributed by atoms with Crippen molar-refractivity contribution in [2.45, 2.75) is 51.6 Å². The largest absolute Gasteiger partial charge is 0.481 e. The van der Waals surface area contributed by atoms with Gasteiger partial charge < -0.3 is 15.7 Å². The van der Waals surface area contributed by atoms with E-state index in [0.29, 0.717) is 6.42 Å². The van der Waals surface area contributed by atoms with Gasteiger partial charge in [-0.2, -0.15) is 0 Å². The summed E-state index contributed by atoms with van der Waals surface area (Å²) in [7, 11) is 0. The number of carbonyl (C=O) groups excluding carboxylic acids is 1. The number of hydrogen-bond donors (Lipinski definition) is 3. The molecule has 5 heteroatoms. The fourth-order valence-electron chi connectivity index (χ4n) is 2.03. The van der Waals surface area contributed by atoms with Gasteiger partial charge in [-0.3, -0.25) is 9.59 Å². The second-order valence-electron chi connectivity index (χ2n) is 5.65.